The Labute approximate surface area is 127 Å². The third-order valence-corrected chi connectivity index (χ3v) is 4.96. The second-order valence-corrected chi connectivity index (χ2v) is 6.80. The first-order chi connectivity index (χ1) is 9.63. The number of nitroso groups, excluding NO2 is 1. The topological polar surface area (TPSA) is 29.4 Å². The van der Waals surface area contributed by atoms with Crippen molar-refractivity contribution in [1.29, 1.82) is 0 Å². The molecule has 0 aromatic carbocycles. The first-order valence-electron chi connectivity index (χ1n) is 7.64. The smallest absolute Gasteiger partial charge is 0.0777 e. The molecule has 0 fully saturated rings. The van der Waals surface area contributed by atoms with Crippen LogP contribution in [-0.2, 0) is 0 Å². The number of thioether (sulfide) groups is 1. The van der Waals surface area contributed by atoms with Gasteiger partial charge in [0.1, 0.15) is 0 Å². The zero-order valence-electron chi connectivity index (χ0n) is 12.9. The number of nitrogens with zero attached hydrogens (tertiary/aromatic N) is 1. The largest absolute Gasteiger partial charge is 0.145 e. The lowest BCUT2D eigenvalue weighted by Gasteiger charge is -2.15. The standard InChI is InChI=1S/C17H27NOS/c1-14-10-11-15(2)17(13-14)20-12-8-6-4-5-7-9-16(3)18-19/h13H,3-12H2,1-2H3. The fourth-order valence-electron chi connectivity index (χ4n) is 2.28. The normalized spacial score (nSPS) is 15.2. The molecule has 0 radical (unpaired) electrons. The van der Waals surface area contributed by atoms with E-state index >= 15 is 0 Å². The second-order valence-electron chi connectivity index (χ2n) is 5.66. The van der Waals surface area contributed by atoms with Crippen LogP contribution in [0.2, 0.25) is 0 Å². The van der Waals surface area contributed by atoms with Crippen LogP contribution in [0.1, 0.15) is 65.2 Å². The number of hydrogen-bond donors (Lipinski definition) is 0. The minimum atomic E-state index is 0.488. The number of rotatable bonds is 10. The molecule has 0 atom stereocenters. The fraction of sp³-hybridized carbons (Fsp3) is 0.647. The summed E-state index contributed by atoms with van der Waals surface area (Å²) in [6.45, 7) is 8.09. The summed E-state index contributed by atoms with van der Waals surface area (Å²) < 4.78 is 0. The Bertz CT molecular complexity index is 396. The van der Waals surface area contributed by atoms with Gasteiger partial charge in [0.2, 0.25) is 0 Å². The van der Waals surface area contributed by atoms with Crippen LogP contribution in [0.3, 0.4) is 0 Å². The van der Waals surface area contributed by atoms with E-state index in [0.29, 0.717) is 5.70 Å². The van der Waals surface area contributed by atoms with Gasteiger partial charge in [0.15, 0.2) is 0 Å². The molecule has 0 amide bonds. The van der Waals surface area contributed by atoms with Crippen molar-refractivity contribution in [1.82, 2.24) is 0 Å². The van der Waals surface area contributed by atoms with Crippen LogP contribution in [0.5, 0.6) is 0 Å². The van der Waals surface area contributed by atoms with Crippen molar-refractivity contribution in [2.75, 3.05) is 5.75 Å². The Morgan fingerprint density at radius 1 is 1.20 bits per heavy atom. The molecule has 0 spiro atoms. The van der Waals surface area contributed by atoms with E-state index < -0.39 is 0 Å². The Kier molecular flexibility index (Phi) is 8.59. The molecule has 0 aromatic heterocycles. The maximum absolute atomic E-state index is 10.1. The molecule has 0 bridgehead atoms. The van der Waals surface area contributed by atoms with Crippen molar-refractivity contribution in [2.45, 2.75) is 65.2 Å². The molecule has 0 N–H and O–H groups in total. The van der Waals surface area contributed by atoms with Crippen LogP contribution in [0, 0.1) is 4.91 Å². The number of unbranched alkanes of at least 4 members (excludes halogenated alkanes) is 4. The third kappa shape index (κ3) is 7.09. The van der Waals surface area contributed by atoms with E-state index in [1.54, 1.807) is 5.57 Å². The molecule has 0 aromatic rings. The molecule has 1 rings (SSSR count). The Morgan fingerprint density at radius 3 is 2.65 bits per heavy atom. The van der Waals surface area contributed by atoms with E-state index in [1.165, 1.54) is 54.8 Å². The van der Waals surface area contributed by atoms with Crippen molar-refractivity contribution >= 4 is 11.8 Å². The summed E-state index contributed by atoms with van der Waals surface area (Å²) >= 11 is 2.01. The summed E-state index contributed by atoms with van der Waals surface area (Å²) in [6, 6.07) is 0. The molecule has 1 aliphatic carbocycles. The average Bonchev–Trinajstić information content (AvgIpc) is 2.44. The van der Waals surface area contributed by atoms with Crippen molar-refractivity contribution in [2.24, 2.45) is 5.18 Å². The predicted octanol–water partition coefficient (Wildman–Crippen LogP) is 6.35. The van der Waals surface area contributed by atoms with Gasteiger partial charge in [-0.05, 0) is 63.0 Å². The Hall–Kier alpha value is -0.830. The lowest BCUT2D eigenvalue weighted by Crippen LogP contribution is -1.94. The van der Waals surface area contributed by atoms with Gasteiger partial charge in [-0.2, -0.15) is 0 Å². The summed E-state index contributed by atoms with van der Waals surface area (Å²) in [5.41, 5.74) is 3.56. The quantitative estimate of drug-likeness (QED) is 0.346. The molecule has 112 valence electrons. The Morgan fingerprint density at radius 2 is 1.90 bits per heavy atom. The van der Waals surface area contributed by atoms with E-state index in [0.717, 1.165) is 12.8 Å². The van der Waals surface area contributed by atoms with Gasteiger partial charge in [-0.15, -0.1) is 16.7 Å². The van der Waals surface area contributed by atoms with Crippen LogP contribution in [0.15, 0.2) is 39.6 Å². The molecular weight excluding hydrogens is 266 g/mol. The van der Waals surface area contributed by atoms with E-state index in [1.807, 2.05) is 11.8 Å². The van der Waals surface area contributed by atoms with Gasteiger partial charge in [0.05, 0.1) is 5.70 Å². The van der Waals surface area contributed by atoms with Crippen molar-refractivity contribution < 1.29 is 0 Å². The first-order valence-corrected chi connectivity index (χ1v) is 8.63. The lowest BCUT2D eigenvalue weighted by atomic mass is 10.0. The number of allylic oxidation sites excluding steroid dienone is 4. The summed E-state index contributed by atoms with van der Waals surface area (Å²) in [6.07, 6.45) is 11.6. The number of hydrogen-bond acceptors (Lipinski definition) is 3. The highest BCUT2D eigenvalue weighted by atomic mass is 32.2. The molecule has 0 saturated heterocycles. The van der Waals surface area contributed by atoms with Gasteiger partial charge >= 0.3 is 0 Å². The summed E-state index contributed by atoms with van der Waals surface area (Å²) in [5.74, 6) is 1.22. The SMILES string of the molecule is C=C(CCCCCCCSC1=C(C)CCC(C)=C1)N=O. The molecule has 0 heterocycles. The van der Waals surface area contributed by atoms with Crippen molar-refractivity contribution in [3.63, 3.8) is 0 Å². The van der Waals surface area contributed by atoms with Crippen LogP contribution < -0.4 is 0 Å². The summed E-state index contributed by atoms with van der Waals surface area (Å²) in [4.78, 5) is 11.7. The molecule has 0 unspecified atom stereocenters. The second kappa shape index (κ2) is 9.98. The van der Waals surface area contributed by atoms with Crippen LogP contribution in [-0.4, -0.2) is 5.75 Å². The van der Waals surface area contributed by atoms with E-state index in [-0.39, 0.29) is 0 Å². The van der Waals surface area contributed by atoms with Gasteiger partial charge in [-0.3, -0.25) is 0 Å². The maximum atomic E-state index is 10.1. The zero-order chi connectivity index (χ0) is 14.8. The lowest BCUT2D eigenvalue weighted by molar-refractivity contribution is 0.632. The first kappa shape index (κ1) is 17.2. The molecule has 20 heavy (non-hydrogen) atoms. The molecule has 0 aliphatic heterocycles. The predicted molar refractivity (Wildman–Crippen MR) is 90.8 cm³/mol. The van der Waals surface area contributed by atoms with Crippen LogP contribution in [0.25, 0.3) is 0 Å². The van der Waals surface area contributed by atoms with E-state index in [9.17, 15) is 4.91 Å². The van der Waals surface area contributed by atoms with Gasteiger partial charge < -0.3 is 0 Å². The van der Waals surface area contributed by atoms with Crippen molar-refractivity contribution in [3.8, 4) is 0 Å². The maximum Gasteiger partial charge on any atom is 0.0777 e. The molecule has 0 saturated carbocycles. The zero-order valence-corrected chi connectivity index (χ0v) is 13.7. The third-order valence-electron chi connectivity index (χ3n) is 3.69. The molecular formula is C17H27NOS. The van der Waals surface area contributed by atoms with Crippen molar-refractivity contribution in [3.05, 3.63) is 39.3 Å². The van der Waals surface area contributed by atoms with E-state index in [4.69, 9.17) is 0 Å². The van der Waals surface area contributed by atoms with Crippen LogP contribution >= 0.6 is 11.8 Å². The van der Waals surface area contributed by atoms with Gasteiger partial charge in [0, 0.05) is 4.91 Å². The highest BCUT2D eigenvalue weighted by Gasteiger charge is 2.07. The highest BCUT2D eigenvalue weighted by Crippen LogP contribution is 2.31. The van der Waals surface area contributed by atoms with E-state index in [2.05, 4.69) is 31.7 Å². The minimum Gasteiger partial charge on any atom is -0.145 e. The molecule has 3 heteroatoms. The van der Waals surface area contributed by atoms with Gasteiger partial charge in [-0.1, -0.05) is 37.0 Å². The monoisotopic (exact) mass is 293 g/mol. The van der Waals surface area contributed by atoms with Gasteiger partial charge in [-0.25, -0.2) is 0 Å². The molecule has 1 aliphatic rings. The highest BCUT2D eigenvalue weighted by molar-refractivity contribution is 8.03. The Balaban J connectivity index is 2.02. The molecule has 2 nitrogen and oxygen atoms in total. The van der Waals surface area contributed by atoms with Gasteiger partial charge in [0.25, 0.3) is 0 Å². The minimum absolute atomic E-state index is 0.488. The summed E-state index contributed by atoms with van der Waals surface area (Å²) in [5, 5.41) is 2.84. The fourth-order valence-corrected chi connectivity index (χ4v) is 3.48. The summed E-state index contributed by atoms with van der Waals surface area (Å²) in [7, 11) is 0. The van der Waals surface area contributed by atoms with Crippen LogP contribution in [0.4, 0.5) is 0 Å². The average molecular weight is 293 g/mol.